The van der Waals surface area contributed by atoms with Crippen molar-refractivity contribution in [3.63, 3.8) is 0 Å². The van der Waals surface area contributed by atoms with Gasteiger partial charge < -0.3 is 5.11 Å². The van der Waals surface area contributed by atoms with Gasteiger partial charge in [0.1, 0.15) is 5.76 Å². The second-order valence-electron chi connectivity index (χ2n) is 6.10. The molecule has 1 aromatic carbocycles. The fourth-order valence-electron chi connectivity index (χ4n) is 2.89. The Morgan fingerprint density at radius 1 is 0.867 bits per heavy atom. The third-order valence-electron chi connectivity index (χ3n) is 4.48. The maximum atomic E-state index is 13.9. The summed E-state index contributed by atoms with van der Waals surface area (Å²) in [5.41, 5.74) is -7.68. The number of allylic oxidation sites excluding steroid dienone is 1. The van der Waals surface area contributed by atoms with Gasteiger partial charge in [0.25, 0.3) is 5.41 Å². The zero-order valence-corrected chi connectivity index (χ0v) is 13.8. The second-order valence-corrected chi connectivity index (χ2v) is 6.10. The molecule has 0 spiro atoms. The Balaban J connectivity index is 2.79. The second kappa shape index (κ2) is 6.32. The molecule has 1 aliphatic carbocycles. The van der Waals surface area contributed by atoms with Gasteiger partial charge in [0.2, 0.25) is 0 Å². The topological polar surface area (TPSA) is 41.7 Å². The van der Waals surface area contributed by atoms with Crippen molar-refractivity contribution in [1.82, 2.24) is 0 Å². The maximum Gasteiger partial charge on any atom is 0.414 e. The molecule has 0 unspecified atom stereocenters. The van der Waals surface area contributed by atoms with E-state index in [1.807, 2.05) is 0 Å². The molecule has 0 amide bonds. The largest absolute Gasteiger partial charge is 0.507 e. The minimum Gasteiger partial charge on any atom is -0.507 e. The highest BCUT2D eigenvalue weighted by Crippen LogP contribution is 2.75. The molecular weight excluding hydrogens is 447 g/mol. The van der Waals surface area contributed by atoms with E-state index in [1.54, 1.807) is 0 Å². The average molecular weight is 453 g/mol. The van der Waals surface area contributed by atoms with Crippen molar-refractivity contribution in [2.24, 2.45) is 5.41 Å². The molecule has 0 saturated heterocycles. The van der Waals surface area contributed by atoms with Crippen LogP contribution in [0.5, 0.6) is 0 Å². The molecule has 0 aromatic heterocycles. The number of carbonyl (C=O) groups is 1. The van der Waals surface area contributed by atoms with Crippen LogP contribution in [0.3, 0.4) is 0 Å². The molecule has 14 heteroatoms. The van der Waals surface area contributed by atoms with Crippen LogP contribution < -0.4 is 0 Å². The molecule has 164 valence electrons. The van der Waals surface area contributed by atoms with Gasteiger partial charge in [-0.15, -0.1) is 0 Å². The summed E-state index contributed by atoms with van der Waals surface area (Å²) in [7, 11) is 0. The van der Waals surface area contributed by atoms with E-state index in [2.05, 4.69) is 4.85 Å². The summed E-state index contributed by atoms with van der Waals surface area (Å²) in [6, 6.07) is 3.27. The molecule has 1 aromatic rings. The van der Waals surface area contributed by atoms with Gasteiger partial charge in [-0.3, -0.25) is 4.79 Å². The van der Waals surface area contributed by atoms with Crippen molar-refractivity contribution in [1.29, 1.82) is 0 Å². The predicted octanol–water partition coefficient (Wildman–Crippen LogP) is 5.81. The molecule has 1 fully saturated rings. The Morgan fingerprint density at radius 2 is 1.27 bits per heavy atom. The predicted molar refractivity (Wildman–Crippen MR) is 76.6 cm³/mol. The summed E-state index contributed by atoms with van der Waals surface area (Å²) in [5, 5.41) is 9.63. The van der Waals surface area contributed by atoms with Gasteiger partial charge in [-0.05, 0) is 0 Å². The first-order valence-electron chi connectivity index (χ1n) is 7.35. The monoisotopic (exact) mass is 453 g/mol. The number of alkyl halides is 11. The van der Waals surface area contributed by atoms with E-state index >= 15 is 0 Å². The number of nitrogens with zero attached hydrogens (tertiary/aromatic N) is 1. The van der Waals surface area contributed by atoms with E-state index in [4.69, 9.17) is 6.57 Å². The van der Waals surface area contributed by atoms with Gasteiger partial charge in [0, 0.05) is 11.6 Å². The molecule has 0 bridgehead atoms. The van der Waals surface area contributed by atoms with Crippen molar-refractivity contribution in [2.45, 2.75) is 29.9 Å². The number of hydrogen-bond donors (Lipinski definition) is 1. The van der Waals surface area contributed by atoms with Crippen LogP contribution in [-0.2, 0) is 4.79 Å². The lowest BCUT2D eigenvalue weighted by Crippen LogP contribution is -2.64. The summed E-state index contributed by atoms with van der Waals surface area (Å²) >= 11 is 0. The van der Waals surface area contributed by atoms with Crippen molar-refractivity contribution in [3.8, 4) is 0 Å². The first-order valence-corrected chi connectivity index (χ1v) is 7.35. The molecule has 0 radical (unpaired) electrons. The summed E-state index contributed by atoms with van der Waals surface area (Å²) in [4.78, 5) is 14.8. The SMILES string of the molecule is [C-]#[N+]c1ccc(/C(O)=C/C(=O)C2(C(F)(F)F)C(F)(F)C(F)(F)C(F)(F)C2(F)F)cc1. The lowest BCUT2D eigenvalue weighted by molar-refractivity contribution is -0.341. The molecule has 0 heterocycles. The van der Waals surface area contributed by atoms with Crippen LogP contribution in [0.1, 0.15) is 5.56 Å². The zero-order chi connectivity index (χ0) is 23.6. The molecule has 3 nitrogen and oxygen atoms in total. The first-order chi connectivity index (χ1) is 13.3. The zero-order valence-electron chi connectivity index (χ0n) is 13.8. The summed E-state index contributed by atoms with van der Waals surface area (Å²) in [6.07, 6.45) is -8.22. The fourth-order valence-corrected chi connectivity index (χ4v) is 2.89. The van der Waals surface area contributed by atoms with Crippen molar-refractivity contribution < 1.29 is 58.2 Å². The molecule has 1 N–H and O–H groups in total. The summed E-state index contributed by atoms with van der Waals surface area (Å²) in [5.74, 6) is -34.5. The van der Waals surface area contributed by atoms with Gasteiger partial charge >= 0.3 is 29.9 Å². The third-order valence-corrected chi connectivity index (χ3v) is 4.48. The fraction of sp³-hybridized carbons (Fsp3) is 0.375. The van der Waals surface area contributed by atoms with Gasteiger partial charge in [-0.2, -0.15) is 48.3 Å². The quantitative estimate of drug-likeness (QED) is 0.272. The molecular formula is C16H6F11NO2. The van der Waals surface area contributed by atoms with Gasteiger partial charge in [0.15, 0.2) is 11.5 Å². The van der Waals surface area contributed by atoms with Gasteiger partial charge in [-0.25, -0.2) is 4.85 Å². The van der Waals surface area contributed by atoms with E-state index < -0.39 is 58.5 Å². The van der Waals surface area contributed by atoms with Crippen LogP contribution in [0.4, 0.5) is 54.0 Å². The van der Waals surface area contributed by atoms with Crippen molar-refractivity contribution >= 4 is 17.2 Å². The van der Waals surface area contributed by atoms with E-state index in [9.17, 15) is 58.2 Å². The third kappa shape index (κ3) is 2.46. The lowest BCUT2D eigenvalue weighted by Gasteiger charge is -2.37. The molecule has 0 atom stereocenters. The number of hydrogen-bond acceptors (Lipinski definition) is 2. The van der Waals surface area contributed by atoms with Crippen molar-refractivity contribution in [3.05, 3.63) is 47.3 Å². The van der Waals surface area contributed by atoms with Crippen LogP contribution in [0, 0.1) is 12.0 Å². The lowest BCUT2D eigenvalue weighted by atomic mass is 9.74. The number of rotatable bonds is 3. The number of benzene rings is 1. The van der Waals surface area contributed by atoms with Crippen LogP contribution >= 0.6 is 0 Å². The average Bonchev–Trinajstić information content (AvgIpc) is 2.65. The van der Waals surface area contributed by atoms with Crippen LogP contribution in [-0.4, -0.2) is 40.8 Å². The standard InChI is InChI=1S/C16H6F11NO2/c1-28-8-4-2-7(3-5-8)9(29)6-10(30)11(16(25,26)27)12(17,18)14(21,22)15(23,24)13(11,19)20/h2-6,29H/b9-6-. The minimum absolute atomic E-state index is 0.113. The summed E-state index contributed by atoms with van der Waals surface area (Å²) < 4.78 is 149. The first kappa shape index (κ1) is 23.4. The smallest absolute Gasteiger partial charge is 0.414 e. The number of halogens is 11. The van der Waals surface area contributed by atoms with Crippen LogP contribution in [0.2, 0.25) is 0 Å². The van der Waals surface area contributed by atoms with Crippen LogP contribution in [0.25, 0.3) is 10.6 Å². The Kier molecular flexibility index (Phi) is 4.94. The van der Waals surface area contributed by atoms with Crippen LogP contribution in [0.15, 0.2) is 30.3 Å². The summed E-state index contributed by atoms with van der Waals surface area (Å²) in [6.45, 7) is 6.66. The Bertz CT molecular complexity index is 913. The van der Waals surface area contributed by atoms with E-state index in [1.165, 1.54) is 0 Å². The number of ketones is 1. The Hall–Kier alpha value is -2.85. The van der Waals surface area contributed by atoms with Gasteiger partial charge in [0.05, 0.1) is 6.57 Å². The highest BCUT2D eigenvalue weighted by atomic mass is 19.4. The molecule has 0 aliphatic heterocycles. The highest BCUT2D eigenvalue weighted by molar-refractivity contribution is 6.02. The van der Waals surface area contributed by atoms with E-state index in [-0.39, 0.29) is 5.69 Å². The molecule has 30 heavy (non-hydrogen) atoms. The molecule has 2 rings (SSSR count). The normalized spacial score (nSPS) is 23.6. The van der Waals surface area contributed by atoms with E-state index in [0.29, 0.717) is 0 Å². The van der Waals surface area contributed by atoms with Crippen molar-refractivity contribution in [2.75, 3.05) is 0 Å². The highest BCUT2D eigenvalue weighted by Gasteiger charge is 3.06. The number of aliphatic hydroxyl groups excluding tert-OH is 1. The Labute approximate surface area is 159 Å². The van der Waals surface area contributed by atoms with Gasteiger partial charge in [-0.1, -0.05) is 24.3 Å². The molecule has 1 aliphatic rings. The molecule has 1 saturated carbocycles. The Morgan fingerprint density at radius 3 is 1.60 bits per heavy atom. The number of aliphatic hydroxyl groups is 1. The minimum atomic E-state index is -7.30. The maximum absolute atomic E-state index is 13.9. The number of carbonyl (C=O) groups excluding carboxylic acids is 1. The van der Waals surface area contributed by atoms with E-state index in [0.717, 1.165) is 24.3 Å².